The molecule has 0 aliphatic heterocycles. The molecule has 1 aromatic carbocycles. The number of unbranched alkanes of at least 4 members (excludes halogenated alkanes) is 1. The maximum absolute atomic E-state index is 13.0. The summed E-state index contributed by atoms with van der Waals surface area (Å²) in [6.07, 6.45) is 4.04. The highest BCUT2D eigenvalue weighted by Crippen LogP contribution is 2.27. The Balaban J connectivity index is 1.69. The number of imidazole rings is 1. The number of aryl methyl sites for hydroxylation is 1. The van der Waals surface area contributed by atoms with Crippen LogP contribution < -0.4 is 0 Å². The van der Waals surface area contributed by atoms with E-state index in [1.165, 1.54) is 4.31 Å². The number of hydrogen-bond donors (Lipinski definition) is 0. The maximum Gasteiger partial charge on any atom is 0.243 e. The molecule has 0 unspecified atom stereocenters. The summed E-state index contributed by atoms with van der Waals surface area (Å²) in [6.45, 7) is 7.58. The molecule has 0 bridgehead atoms. The van der Waals surface area contributed by atoms with E-state index in [0.717, 1.165) is 41.5 Å². The van der Waals surface area contributed by atoms with E-state index in [1.807, 2.05) is 48.7 Å². The van der Waals surface area contributed by atoms with Crippen molar-refractivity contribution in [3.8, 4) is 0 Å². The first-order chi connectivity index (χ1) is 15.5. The van der Waals surface area contributed by atoms with Crippen molar-refractivity contribution < 1.29 is 8.42 Å². The third-order valence-electron chi connectivity index (χ3n) is 5.49. The topological polar surface area (TPSA) is 85.4 Å². The number of sulfonamides is 1. The summed E-state index contributed by atoms with van der Waals surface area (Å²) in [5.41, 5.74) is 2.47. The van der Waals surface area contributed by atoms with E-state index in [0.29, 0.717) is 24.4 Å². The van der Waals surface area contributed by atoms with Gasteiger partial charge in [-0.15, -0.1) is 10.2 Å². The molecule has 3 aromatic heterocycles. The largest absolute Gasteiger partial charge is 0.327 e. The number of fused-ring (bicyclic) bond motifs is 2. The van der Waals surface area contributed by atoms with Crippen LogP contribution in [0.5, 0.6) is 0 Å². The van der Waals surface area contributed by atoms with Crippen molar-refractivity contribution >= 4 is 38.5 Å². The molecular weight excluding hydrogens is 444 g/mol. The summed E-state index contributed by atoms with van der Waals surface area (Å²) in [4.78, 5) is 5.12. The fourth-order valence-corrected chi connectivity index (χ4v) is 6.10. The van der Waals surface area contributed by atoms with Gasteiger partial charge in [0.2, 0.25) is 10.0 Å². The summed E-state index contributed by atoms with van der Waals surface area (Å²) in [6, 6.07) is 11.1. The lowest BCUT2D eigenvalue weighted by molar-refractivity contribution is 0.445. The number of rotatable bonds is 10. The molecule has 0 fully saturated rings. The van der Waals surface area contributed by atoms with Crippen LogP contribution in [0.1, 0.15) is 39.4 Å². The molecule has 170 valence electrons. The van der Waals surface area contributed by atoms with Gasteiger partial charge in [-0.05, 0) is 36.8 Å². The van der Waals surface area contributed by atoms with Crippen molar-refractivity contribution in [1.29, 1.82) is 0 Å². The summed E-state index contributed by atoms with van der Waals surface area (Å²) in [5.74, 6) is 1.52. The van der Waals surface area contributed by atoms with Crippen LogP contribution in [-0.4, -0.2) is 50.0 Å². The molecule has 10 heteroatoms. The Labute approximate surface area is 192 Å². The van der Waals surface area contributed by atoms with Crippen LogP contribution in [-0.2, 0) is 22.3 Å². The maximum atomic E-state index is 13.0. The summed E-state index contributed by atoms with van der Waals surface area (Å²) < 4.78 is 31.6. The molecule has 0 spiro atoms. The molecule has 0 saturated carbocycles. The van der Waals surface area contributed by atoms with Gasteiger partial charge in [-0.1, -0.05) is 45.0 Å². The average Bonchev–Trinajstić information content (AvgIpc) is 3.37. The van der Waals surface area contributed by atoms with Gasteiger partial charge < -0.3 is 4.57 Å². The zero-order valence-corrected chi connectivity index (χ0v) is 20.2. The fraction of sp³-hybridized carbons (Fsp3) is 0.409. The van der Waals surface area contributed by atoms with E-state index in [2.05, 4.69) is 21.7 Å². The highest BCUT2D eigenvalue weighted by atomic mass is 32.2. The molecule has 32 heavy (non-hydrogen) atoms. The molecular formula is C22H28N6O2S2. The molecule has 0 aliphatic rings. The Kier molecular flexibility index (Phi) is 6.82. The van der Waals surface area contributed by atoms with Crippen molar-refractivity contribution in [3.63, 3.8) is 0 Å². The molecule has 0 radical (unpaired) electrons. The molecule has 0 N–H and O–H groups in total. The van der Waals surface area contributed by atoms with E-state index in [9.17, 15) is 8.42 Å². The van der Waals surface area contributed by atoms with Crippen LogP contribution >= 0.6 is 11.8 Å². The third kappa shape index (κ3) is 4.26. The lowest BCUT2D eigenvalue weighted by Crippen LogP contribution is -2.30. The van der Waals surface area contributed by atoms with Gasteiger partial charge in [0, 0.05) is 25.8 Å². The quantitative estimate of drug-likeness (QED) is 0.322. The van der Waals surface area contributed by atoms with Gasteiger partial charge in [0.05, 0.1) is 21.7 Å². The van der Waals surface area contributed by atoms with Crippen molar-refractivity contribution in [1.82, 2.24) is 28.5 Å². The van der Waals surface area contributed by atoms with E-state index < -0.39 is 10.0 Å². The van der Waals surface area contributed by atoms with Gasteiger partial charge >= 0.3 is 0 Å². The zero-order chi connectivity index (χ0) is 22.7. The first-order valence-electron chi connectivity index (χ1n) is 10.9. The number of thioether (sulfide) groups is 1. The standard InChI is InChI=1S/C22H28N6O2S2/c1-4-7-13-27-19-12-11-17(32(29,30)26(5-2)6-3)15-18(19)23-21(27)16-31-22-25-24-20-10-8-9-14-28(20)22/h8-12,14-15H,4-7,13,16H2,1-3H3. The van der Waals surface area contributed by atoms with E-state index in [-0.39, 0.29) is 4.90 Å². The highest BCUT2D eigenvalue weighted by Gasteiger charge is 2.23. The van der Waals surface area contributed by atoms with Crippen molar-refractivity contribution in [3.05, 3.63) is 48.4 Å². The van der Waals surface area contributed by atoms with Crippen LogP contribution in [0.25, 0.3) is 16.7 Å². The molecule has 0 atom stereocenters. The van der Waals surface area contributed by atoms with Crippen LogP contribution in [0, 0.1) is 0 Å². The molecule has 0 amide bonds. The minimum absolute atomic E-state index is 0.288. The highest BCUT2D eigenvalue weighted by molar-refractivity contribution is 7.98. The summed E-state index contributed by atoms with van der Waals surface area (Å²) >= 11 is 1.57. The minimum Gasteiger partial charge on any atom is -0.327 e. The van der Waals surface area contributed by atoms with E-state index in [4.69, 9.17) is 4.98 Å². The lowest BCUT2D eigenvalue weighted by atomic mass is 10.3. The lowest BCUT2D eigenvalue weighted by Gasteiger charge is -2.18. The van der Waals surface area contributed by atoms with Gasteiger partial charge in [-0.3, -0.25) is 4.40 Å². The Morgan fingerprint density at radius 1 is 1.06 bits per heavy atom. The predicted octanol–water partition coefficient (Wildman–Crippen LogP) is 4.20. The van der Waals surface area contributed by atoms with Gasteiger partial charge in [0.25, 0.3) is 0 Å². The molecule has 8 nitrogen and oxygen atoms in total. The van der Waals surface area contributed by atoms with Gasteiger partial charge in [-0.2, -0.15) is 4.31 Å². The Bertz CT molecular complexity index is 1320. The second kappa shape index (κ2) is 9.60. The molecule has 4 rings (SSSR count). The first-order valence-corrected chi connectivity index (χ1v) is 13.3. The average molecular weight is 473 g/mol. The second-order valence-corrected chi connectivity index (χ2v) is 10.4. The van der Waals surface area contributed by atoms with E-state index >= 15 is 0 Å². The third-order valence-corrected chi connectivity index (χ3v) is 8.48. The molecule has 3 heterocycles. The predicted molar refractivity (Wildman–Crippen MR) is 127 cm³/mol. The van der Waals surface area contributed by atoms with Crippen molar-refractivity contribution in [2.45, 2.75) is 56.0 Å². The van der Waals surface area contributed by atoms with E-state index in [1.54, 1.807) is 23.9 Å². The Morgan fingerprint density at radius 2 is 1.88 bits per heavy atom. The van der Waals surface area contributed by atoms with Crippen LogP contribution in [0.2, 0.25) is 0 Å². The number of benzene rings is 1. The smallest absolute Gasteiger partial charge is 0.243 e. The van der Waals surface area contributed by atoms with Crippen LogP contribution in [0.4, 0.5) is 0 Å². The number of nitrogens with zero attached hydrogens (tertiary/aromatic N) is 6. The molecule has 0 saturated heterocycles. The molecule has 0 aliphatic carbocycles. The van der Waals surface area contributed by atoms with Crippen LogP contribution in [0.15, 0.2) is 52.6 Å². The Hall–Kier alpha value is -2.43. The van der Waals surface area contributed by atoms with Crippen molar-refractivity contribution in [2.24, 2.45) is 0 Å². The normalized spacial score (nSPS) is 12.4. The fourth-order valence-electron chi connectivity index (χ4n) is 3.76. The molecule has 4 aromatic rings. The van der Waals surface area contributed by atoms with Crippen molar-refractivity contribution in [2.75, 3.05) is 13.1 Å². The summed E-state index contributed by atoms with van der Waals surface area (Å²) in [5, 5.41) is 9.31. The second-order valence-electron chi connectivity index (χ2n) is 7.47. The van der Waals surface area contributed by atoms with Gasteiger partial charge in [0.1, 0.15) is 5.82 Å². The summed E-state index contributed by atoms with van der Waals surface area (Å²) in [7, 11) is -3.53. The van der Waals surface area contributed by atoms with Gasteiger partial charge in [-0.25, -0.2) is 13.4 Å². The number of pyridine rings is 1. The Morgan fingerprint density at radius 3 is 2.62 bits per heavy atom. The zero-order valence-electron chi connectivity index (χ0n) is 18.6. The number of hydrogen-bond acceptors (Lipinski definition) is 6. The number of aromatic nitrogens is 5. The SMILES string of the molecule is CCCCn1c(CSc2nnc3ccccn23)nc2cc(S(=O)(=O)N(CC)CC)ccc21. The van der Waals surface area contributed by atoms with Gasteiger partial charge in [0.15, 0.2) is 10.8 Å². The minimum atomic E-state index is -3.53. The first kappa shape index (κ1) is 22.8. The monoisotopic (exact) mass is 472 g/mol. The van der Waals surface area contributed by atoms with Crippen LogP contribution in [0.3, 0.4) is 0 Å².